The number of nitrogens with two attached hydrogens (primary N) is 1. The van der Waals surface area contributed by atoms with Gasteiger partial charge in [0.15, 0.2) is 5.82 Å². The maximum Gasteiger partial charge on any atom is 0.223 e. The quantitative estimate of drug-likeness (QED) is 0.889. The first-order valence-electron chi connectivity index (χ1n) is 6.65. The molecule has 1 aliphatic carbocycles. The van der Waals surface area contributed by atoms with Crippen molar-refractivity contribution in [1.82, 2.24) is 15.0 Å². The lowest BCUT2D eigenvalue weighted by Gasteiger charge is -2.37. The largest absolute Gasteiger partial charge is 0.370 e. The zero-order valence-electron chi connectivity index (χ0n) is 11.4. The lowest BCUT2D eigenvalue weighted by molar-refractivity contribution is -0.0648. The van der Waals surface area contributed by atoms with E-state index < -0.39 is 0 Å². The van der Waals surface area contributed by atoms with Crippen molar-refractivity contribution in [3.8, 4) is 0 Å². The topological polar surface area (TPSA) is 73.9 Å². The summed E-state index contributed by atoms with van der Waals surface area (Å²) in [5.74, 6) is 2.38. The van der Waals surface area contributed by atoms with E-state index in [1.165, 1.54) is 6.42 Å². The summed E-state index contributed by atoms with van der Waals surface area (Å²) in [5.41, 5.74) is 5.40. The molecule has 1 fully saturated rings. The number of hydrogen-bond donors (Lipinski definition) is 1. The minimum Gasteiger partial charge on any atom is -0.370 e. The fourth-order valence-corrected chi connectivity index (χ4v) is 2.78. The van der Waals surface area contributed by atoms with Crippen LogP contribution in [0.1, 0.15) is 51.2 Å². The minimum atomic E-state index is -0.376. The number of aromatic nitrogens is 3. The van der Waals surface area contributed by atoms with Crippen LogP contribution in [0.25, 0.3) is 0 Å². The van der Waals surface area contributed by atoms with Crippen LogP contribution >= 0.6 is 0 Å². The van der Waals surface area contributed by atoms with E-state index in [1.54, 1.807) is 7.11 Å². The van der Waals surface area contributed by atoms with Gasteiger partial charge >= 0.3 is 0 Å². The van der Waals surface area contributed by atoms with Gasteiger partial charge in [0.05, 0.1) is 0 Å². The van der Waals surface area contributed by atoms with Crippen LogP contribution < -0.4 is 5.73 Å². The van der Waals surface area contributed by atoms with E-state index in [2.05, 4.69) is 21.9 Å². The summed E-state index contributed by atoms with van der Waals surface area (Å²) in [6.45, 7) is 4.26. The molecule has 5 heteroatoms. The zero-order chi connectivity index (χ0) is 13.2. The van der Waals surface area contributed by atoms with Crippen molar-refractivity contribution in [1.29, 1.82) is 0 Å². The number of hydrogen-bond acceptors (Lipinski definition) is 5. The van der Waals surface area contributed by atoms with Crippen LogP contribution in [0, 0.1) is 5.92 Å². The highest BCUT2D eigenvalue weighted by Crippen LogP contribution is 2.41. The maximum atomic E-state index is 5.78. The van der Waals surface area contributed by atoms with Crippen molar-refractivity contribution < 1.29 is 4.74 Å². The molecule has 0 radical (unpaired) electrons. The zero-order valence-corrected chi connectivity index (χ0v) is 11.4. The van der Waals surface area contributed by atoms with Gasteiger partial charge in [-0.15, -0.1) is 0 Å². The van der Waals surface area contributed by atoms with Gasteiger partial charge in [0.25, 0.3) is 0 Å². The van der Waals surface area contributed by atoms with Crippen LogP contribution in [-0.4, -0.2) is 22.1 Å². The summed E-state index contributed by atoms with van der Waals surface area (Å²) >= 11 is 0. The van der Waals surface area contributed by atoms with E-state index in [9.17, 15) is 0 Å². The number of nitrogens with zero attached hydrogens (tertiary/aromatic N) is 3. The molecule has 1 aromatic heterocycles. The minimum absolute atomic E-state index is 0.298. The lowest BCUT2D eigenvalue weighted by atomic mass is 9.78. The predicted octanol–water partition coefficient (Wildman–Crippen LogP) is 2.07. The highest BCUT2D eigenvalue weighted by atomic mass is 16.5. The second kappa shape index (κ2) is 5.18. The van der Waals surface area contributed by atoms with Crippen LogP contribution in [0.3, 0.4) is 0 Å². The highest BCUT2D eigenvalue weighted by Gasteiger charge is 2.39. The summed E-state index contributed by atoms with van der Waals surface area (Å²) in [5, 5.41) is 0. The molecular weight excluding hydrogens is 228 g/mol. The lowest BCUT2D eigenvalue weighted by Crippen LogP contribution is -2.36. The van der Waals surface area contributed by atoms with Crippen molar-refractivity contribution in [2.45, 2.75) is 51.6 Å². The number of ether oxygens (including phenoxy) is 1. The Bertz CT molecular complexity index is 423. The van der Waals surface area contributed by atoms with E-state index in [0.29, 0.717) is 17.7 Å². The molecule has 1 aromatic rings. The number of aryl methyl sites for hydroxylation is 1. The second-order valence-corrected chi connectivity index (χ2v) is 5.19. The number of rotatable bonds is 3. The van der Waals surface area contributed by atoms with Gasteiger partial charge in [-0.05, 0) is 25.2 Å². The van der Waals surface area contributed by atoms with Crippen molar-refractivity contribution in [2.75, 3.05) is 12.8 Å². The van der Waals surface area contributed by atoms with Crippen LogP contribution in [0.2, 0.25) is 0 Å². The fourth-order valence-electron chi connectivity index (χ4n) is 2.78. The second-order valence-electron chi connectivity index (χ2n) is 5.19. The Morgan fingerprint density at radius 3 is 2.78 bits per heavy atom. The molecule has 0 amide bonds. The van der Waals surface area contributed by atoms with Gasteiger partial charge in [0.2, 0.25) is 5.95 Å². The Labute approximate surface area is 108 Å². The predicted molar refractivity (Wildman–Crippen MR) is 69.9 cm³/mol. The summed E-state index contributed by atoms with van der Waals surface area (Å²) in [7, 11) is 1.74. The van der Waals surface area contributed by atoms with Crippen molar-refractivity contribution in [2.24, 2.45) is 5.92 Å². The molecule has 100 valence electrons. The van der Waals surface area contributed by atoms with E-state index in [4.69, 9.17) is 10.5 Å². The Morgan fingerprint density at radius 1 is 1.39 bits per heavy atom. The first-order chi connectivity index (χ1) is 8.59. The van der Waals surface area contributed by atoms with Gasteiger partial charge in [-0.2, -0.15) is 9.97 Å². The molecule has 0 bridgehead atoms. The van der Waals surface area contributed by atoms with Gasteiger partial charge in [-0.1, -0.05) is 20.3 Å². The Kier molecular flexibility index (Phi) is 3.80. The summed E-state index contributed by atoms with van der Waals surface area (Å²) < 4.78 is 5.78. The third-order valence-corrected chi connectivity index (χ3v) is 3.77. The van der Waals surface area contributed by atoms with Crippen LogP contribution in [-0.2, 0) is 16.8 Å². The average molecular weight is 250 g/mol. The Balaban J connectivity index is 2.40. The molecule has 2 rings (SSSR count). The summed E-state index contributed by atoms with van der Waals surface area (Å²) in [6, 6.07) is 0. The maximum absolute atomic E-state index is 5.78. The Hall–Kier alpha value is -1.23. The molecule has 2 unspecified atom stereocenters. The van der Waals surface area contributed by atoms with Gasteiger partial charge in [0.1, 0.15) is 11.4 Å². The Morgan fingerprint density at radius 2 is 2.17 bits per heavy atom. The highest BCUT2D eigenvalue weighted by molar-refractivity contribution is 5.19. The normalized spacial score (nSPS) is 28.3. The van der Waals surface area contributed by atoms with Crippen molar-refractivity contribution in [3.63, 3.8) is 0 Å². The smallest absolute Gasteiger partial charge is 0.223 e. The van der Waals surface area contributed by atoms with Crippen molar-refractivity contribution in [3.05, 3.63) is 11.6 Å². The molecular formula is C13H22N4O. The molecule has 0 aliphatic heterocycles. The van der Waals surface area contributed by atoms with Crippen LogP contribution in [0.15, 0.2) is 0 Å². The van der Waals surface area contributed by atoms with E-state index in [1.807, 2.05) is 6.92 Å². The number of methoxy groups -OCH3 is 1. The first kappa shape index (κ1) is 13.2. The fraction of sp³-hybridized carbons (Fsp3) is 0.769. The molecule has 0 spiro atoms. The van der Waals surface area contributed by atoms with Gasteiger partial charge in [-0.3, -0.25) is 0 Å². The van der Waals surface area contributed by atoms with Gasteiger partial charge < -0.3 is 10.5 Å². The molecule has 0 aromatic carbocycles. The third-order valence-electron chi connectivity index (χ3n) is 3.77. The van der Waals surface area contributed by atoms with E-state index >= 15 is 0 Å². The number of nitrogen functional groups attached to an aromatic ring is 1. The molecule has 1 saturated carbocycles. The van der Waals surface area contributed by atoms with Gasteiger partial charge in [0, 0.05) is 13.5 Å². The molecule has 2 N–H and O–H groups in total. The molecule has 2 atom stereocenters. The van der Waals surface area contributed by atoms with Crippen LogP contribution in [0.4, 0.5) is 5.95 Å². The summed E-state index contributed by atoms with van der Waals surface area (Å²) in [6.07, 6.45) is 5.06. The SMILES string of the molecule is CCc1nc(N)nc(C2(OC)CCCC(C)C2)n1. The molecule has 1 aliphatic rings. The monoisotopic (exact) mass is 250 g/mol. The van der Waals surface area contributed by atoms with Crippen LogP contribution in [0.5, 0.6) is 0 Å². The summed E-state index contributed by atoms with van der Waals surface area (Å²) in [4.78, 5) is 13.0. The van der Waals surface area contributed by atoms with E-state index in [0.717, 1.165) is 31.5 Å². The standard InChI is InChI=1S/C13H22N4O/c1-4-10-15-11(17-12(14)16-10)13(18-3)7-5-6-9(2)8-13/h9H,4-8H2,1-3H3,(H2,14,15,16,17). The third kappa shape index (κ3) is 2.46. The number of anilines is 1. The average Bonchev–Trinajstić information content (AvgIpc) is 2.37. The molecule has 5 nitrogen and oxygen atoms in total. The molecule has 18 heavy (non-hydrogen) atoms. The van der Waals surface area contributed by atoms with E-state index in [-0.39, 0.29) is 5.60 Å². The first-order valence-corrected chi connectivity index (χ1v) is 6.65. The molecule has 1 heterocycles. The van der Waals surface area contributed by atoms with Crippen molar-refractivity contribution >= 4 is 5.95 Å². The van der Waals surface area contributed by atoms with Gasteiger partial charge in [-0.25, -0.2) is 4.98 Å². The molecule has 0 saturated heterocycles.